The molecule has 0 spiro atoms. The average Bonchev–Trinajstić information content (AvgIpc) is 2.31. The molecule has 0 aliphatic rings. The summed E-state index contributed by atoms with van der Waals surface area (Å²) < 4.78 is 4.79. The molecule has 0 aliphatic carbocycles. The van der Waals surface area contributed by atoms with Crippen molar-refractivity contribution in [3.8, 4) is 0 Å². The number of nitrogens with zero attached hydrogens (tertiary/aromatic N) is 3. The molecule has 0 unspecified atom stereocenters. The van der Waals surface area contributed by atoms with Crippen LogP contribution in [-0.4, -0.2) is 47.9 Å². The standard InChI is InChI=1S/C8H11Cl2N5O2/c1-17-3-2-11-5(16)4-12-7-6(9)14-15-8(10)13-7/h2-4H2,1H3,(H,11,16)(H,12,13,15). The van der Waals surface area contributed by atoms with Gasteiger partial charge in [-0.3, -0.25) is 4.79 Å². The first-order chi connectivity index (χ1) is 8.13. The summed E-state index contributed by atoms with van der Waals surface area (Å²) in [7, 11) is 1.55. The lowest BCUT2D eigenvalue weighted by Crippen LogP contribution is -2.32. The molecule has 1 heterocycles. The summed E-state index contributed by atoms with van der Waals surface area (Å²) in [6.07, 6.45) is 0. The Kier molecular flexibility index (Phi) is 5.88. The van der Waals surface area contributed by atoms with Crippen molar-refractivity contribution < 1.29 is 9.53 Å². The largest absolute Gasteiger partial charge is 0.383 e. The van der Waals surface area contributed by atoms with E-state index in [1.165, 1.54) is 0 Å². The van der Waals surface area contributed by atoms with Crippen molar-refractivity contribution in [1.82, 2.24) is 20.5 Å². The number of halogens is 2. The summed E-state index contributed by atoms with van der Waals surface area (Å²) in [5.41, 5.74) is 0. The van der Waals surface area contributed by atoms with Gasteiger partial charge in [0.25, 0.3) is 0 Å². The summed E-state index contributed by atoms with van der Waals surface area (Å²) in [4.78, 5) is 15.1. The number of carbonyl (C=O) groups excluding carboxylic acids is 1. The molecule has 94 valence electrons. The van der Waals surface area contributed by atoms with E-state index < -0.39 is 0 Å². The number of amides is 1. The molecule has 0 saturated carbocycles. The van der Waals surface area contributed by atoms with Crippen LogP contribution in [0.5, 0.6) is 0 Å². The number of hydrogen-bond donors (Lipinski definition) is 2. The van der Waals surface area contributed by atoms with Crippen LogP contribution in [-0.2, 0) is 9.53 Å². The number of methoxy groups -OCH3 is 1. The highest BCUT2D eigenvalue weighted by molar-refractivity contribution is 6.32. The van der Waals surface area contributed by atoms with Crippen molar-refractivity contribution in [3.05, 3.63) is 10.4 Å². The highest BCUT2D eigenvalue weighted by Gasteiger charge is 2.07. The lowest BCUT2D eigenvalue weighted by molar-refractivity contribution is -0.119. The molecule has 0 aliphatic heterocycles. The van der Waals surface area contributed by atoms with Crippen LogP contribution in [0.3, 0.4) is 0 Å². The SMILES string of the molecule is COCCNC(=O)CNc1nc(Cl)nnc1Cl. The van der Waals surface area contributed by atoms with Gasteiger partial charge in [0.05, 0.1) is 13.2 Å². The molecule has 2 N–H and O–H groups in total. The second-order valence-corrected chi connectivity index (χ2v) is 3.61. The van der Waals surface area contributed by atoms with Gasteiger partial charge in [0.15, 0.2) is 11.0 Å². The lowest BCUT2D eigenvalue weighted by atomic mass is 10.5. The number of aromatic nitrogens is 3. The average molecular weight is 280 g/mol. The minimum atomic E-state index is -0.215. The molecule has 0 atom stereocenters. The van der Waals surface area contributed by atoms with E-state index in [4.69, 9.17) is 27.9 Å². The van der Waals surface area contributed by atoms with Crippen molar-refractivity contribution in [3.63, 3.8) is 0 Å². The van der Waals surface area contributed by atoms with Gasteiger partial charge in [-0.25, -0.2) is 0 Å². The van der Waals surface area contributed by atoms with Gasteiger partial charge < -0.3 is 15.4 Å². The first kappa shape index (κ1) is 13.9. The van der Waals surface area contributed by atoms with E-state index in [1.807, 2.05) is 0 Å². The third kappa shape index (κ3) is 5.12. The van der Waals surface area contributed by atoms with Crippen LogP contribution >= 0.6 is 23.2 Å². The van der Waals surface area contributed by atoms with Crippen LogP contribution in [0.2, 0.25) is 10.4 Å². The van der Waals surface area contributed by atoms with E-state index >= 15 is 0 Å². The Balaban J connectivity index is 2.39. The van der Waals surface area contributed by atoms with Crippen LogP contribution in [0.1, 0.15) is 0 Å². The van der Waals surface area contributed by atoms with E-state index in [9.17, 15) is 4.79 Å². The van der Waals surface area contributed by atoms with Gasteiger partial charge in [0.2, 0.25) is 11.2 Å². The molecule has 1 aromatic rings. The quantitative estimate of drug-likeness (QED) is 0.731. The molecule has 17 heavy (non-hydrogen) atoms. The van der Waals surface area contributed by atoms with E-state index in [1.54, 1.807) is 7.11 Å². The Bertz CT molecular complexity index is 390. The van der Waals surface area contributed by atoms with E-state index in [-0.39, 0.29) is 28.7 Å². The number of rotatable bonds is 6. The van der Waals surface area contributed by atoms with Crippen LogP contribution < -0.4 is 10.6 Å². The van der Waals surface area contributed by atoms with Gasteiger partial charge in [0, 0.05) is 13.7 Å². The zero-order chi connectivity index (χ0) is 12.7. The molecule has 0 aromatic carbocycles. The second-order valence-electron chi connectivity index (χ2n) is 2.92. The van der Waals surface area contributed by atoms with Crippen LogP contribution in [0.15, 0.2) is 0 Å². The van der Waals surface area contributed by atoms with Gasteiger partial charge in [-0.1, -0.05) is 11.6 Å². The van der Waals surface area contributed by atoms with E-state index in [0.717, 1.165) is 0 Å². The van der Waals surface area contributed by atoms with Gasteiger partial charge in [-0.2, -0.15) is 4.98 Å². The number of ether oxygens (including phenoxy) is 1. The van der Waals surface area contributed by atoms with Crippen LogP contribution in [0.4, 0.5) is 5.82 Å². The Morgan fingerprint density at radius 1 is 1.41 bits per heavy atom. The summed E-state index contributed by atoms with van der Waals surface area (Å²) in [5, 5.41) is 12.3. The van der Waals surface area contributed by atoms with Crippen molar-refractivity contribution in [2.24, 2.45) is 0 Å². The van der Waals surface area contributed by atoms with Gasteiger partial charge >= 0.3 is 0 Å². The van der Waals surface area contributed by atoms with E-state index in [2.05, 4.69) is 25.8 Å². The predicted molar refractivity (Wildman–Crippen MR) is 63.2 cm³/mol. The van der Waals surface area contributed by atoms with Crippen LogP contribution in [0, 0.1) is 0 Å². The Morgan fingerprint density at radius 2 is 2.18 bits per heavy atom. The number of carbonyl (C=O) groups is 1. The third-order valence-electron chi connectivity index (χ3n) is 1.66. The van der Waals surface area contributed by atoms with Gasteiger partial charge in [-0.15, -0.1) is 10.2 Å². The van der Waals surface area contributed by atoms with Gasteiger partial charge in [0.1, 0.15) is 0 Å². The monoisotopic (exact) mass is 279 g/mol. The molecule has 7 nitrogen and oxygen atoms in total. The maximum absolute atomic E-state index is 11.3. The highest BCUT2D eigenvalue weighted by Crippen LogP contribution is 2.15. The van der Waals surface area contributed by atoms with Crippen molar-refractivity contribution >= 4 is 34.9 Å². The zero-order valence-electron chi connectivity index (χ0n) is 9.04. The summed E-state index contributed by atoms with van der Waals surface area (Å²) in [5.74, 6) is 0.00131. The zero-order valence-corrected chi connectivity index (χ0v) is 10.5. The summed E-state index contributed by atoms with van der Waals surface area (Å²) >= 11 is 11.2. The highest BCUT2D eigenvalue weighted by atomic mass is 35.5. The maximum atomic E-state index is 11.3. The first-order valence-electron chi connectivity index (χ1n) is 4.68. The van der Waals surface area contributed by atoms with Crippen molar-refractivity contribution in [1.29, 1.82) is 0 Å². The molecule has 0 fully saturated rings. The molecule has 0 radical (unpaired) electrons. The first-order valence-corrected chi connectivity index (χ1v) is 5.44. The normalized spacial score (nSPS) is 10.1. The molecular weight excluding hydrogens is 269 g/mol. The minimum Gasteiger partial charge on any atom is -0.383 e. The Hall–Kier alpha value is -1.18. The fraction of sp³-hybridized carbons (Fsp3) is 0.500. The number of nitrogens with one attached hydrogen (secondary N) is 2. The minimum absolute atomic E-state index is 0.0124. The topological polar surface area (TPSA) is 89.0 Å². The fourth-order valence-electron chi connectivity index (χ4n) is 0.925. The second kappa shape index (κ2) is 7.21. The molecule has 1 aromatic heterocycles. The van der Waals surface area contributed by atoms with Gasteiger partial charge in [-0.05, 0) is 11.6 Å². The third-order valence-corrected chi connectivity index (χ3v) is 2.08. The van der Waals surface area contributed by atoms with Crippen molar-refractivity contribution in [2.45, 2.75) is 0 Å². The fourth-order valence-corrected chi connectivity index (χ4v) is 1.19. The molecule has 0 saturated heterocycles. The molecular formula is C8H11Cl2N5O2. The lowest BCUT2D eigenvalue weighted by Gasteiger charge is -2.07. The smallest absolute Gasteiger partial charge is 0.245 e. The Labute approximate surface area is 108 Å². The predicted octanol–water partition coefficient (Wildman–Crippen LogP) is 0.353. The Morgan fingerprint density at radius 3 is 2.88 bits per heavy atom. The molecule has 9 heteroatoms. The van der Waals surface area contributed by atoms with E-state index in [0.29, 0.717) is 13.2 Å². The number of hydrogen-bond acceptors (Lipinski definition) is 6. The molecule has 1 amide bonds. The molecule has 0 bridgehead atoms. The summed E-state index contributed by atoms with van der Waals surface area (Å²) in [6.45, 7) is 0.902. The molecule has 1 rings (SSSR count). The van der Waals surface area contributed by atoms with Crippen molar-refractivity contribution in [2.75, 3.05) is 32.1 Å². The maximum Gasteiger partial charge on any atom is 0.245 e. The number of anilines is 1. The van der Waals surface area contributed by atoms with Crippen LogP contribution in [0.25, 0.3) is 0 Å². The summed E-state index contributed by atoms with van der Waals surface area (Å²) in [6, 6.07) is 0.